The number of pyridine rings is 2. The second-order valence-electron chi connectivity index (χ2n) is 23.3. The van der Waals surface area contributed by atoms with Crippen molar-refractivity contribution in [2.75, 3.05) is 104 Å². The van der Waals surface area contributed by atoms with Crippen LogP contribution in [0.2, 0.25) is 5.15 Å². The molecule has 91 heavy (non-hydrogen) atoms. The number of aromatic nitrogens is 2. The van der Waals surface area contributed by atoms with Gasteiger partial charge in [-0.3, -0.25) is 19.2 Å². The van der Waals surface area contributed by atoms with Gasteiger partial charge in [0, 0.05) is 127 Å². The number of nitrogens with zero attached hydrogens (tertiary/aromatic N) is 5. The normalized spacial score (nSPS) is 16.4. The van der Waals surface area contributed by atoms with Crippen molar-refractivity contribution in [1.82, 2.24) is 15.3 Å². The van der Waals surface area contributed by atoms with Crippen LogP contribution in [0.4, 0.5) is 28.6 Å². The number of hydrogen-bond acceptors (Lipinski definition) is 16. The van der Waals surface area contributed by atoms with Gasteiger partial charge in [-0.1, -0.05) is 48.0 Å². The van der Waals surface area contributed by atoms with Crippen LogP contribution in [0.25, 0.3) is 20.9 Å². The number of fused-ring (bicyclic) bond motifs is 6. The Labute approximate surface area is 540 Å². The first-order valence-electron chi connectivity index (χ1n) is 30.7. The summed E-state index contributed by atoms with van der Waals surface area (Å²) in [5, 5.41) is 9.20. The van der Waals surface area contributed by atoms with Crippen molar-refractivity contribution < 1.29 is 47.7 Å². The minimum Gasteiger partial charge on any atom is -0.462 e. The predicted octanol–water partition coefficient (Wildman–Crippen LogP) is 12.5. The maximum atomic E-state index is 13.8. The van der Waals surface area contributed by atoms with Crippen molar-refractivity contribution in [1.29, 1.82) is 0 Å². The summed E-state index contributed by atoms with van der Waals surface area (Å²) in [6.45, 7) is 12.9. The summed E-state index contributed by atoms with van der Waals surface area (Å²) in [6, 6.07) is 39.8. The largest absolute Gasteiger partial charge is 0.462 e. The van der Waals surface area contributed by atoms with Crippen LogP contribution in [0.15, 0.2) is 146 Å². The van der Waals surface area contributed by atoms with Crippen LogP contribution < -0.4 is 30.7 Å². The summed E-state index contributed by atoms with van der Waals surface area (Å²) in [4.78, 5) is 95.3. The fourth-order valence-corrected chi connectivity index (χ4v) is 14.9. The van der Waals surface area contributed by atoms with E-state index in [-0.39, 0.29) is 51.7 Å². The fraction of sp³-hybridized carbons (Fsp3) is 0.314. The lowest BCUT2D eigenvalue weighted by molar-refractivity contribution is -0.0130. The highest BCUT2D eigenvalue weighted by molar-refractivity contribution is 7.18. The van der Waals surface area contributed by atoms with Gasteiger partial charge in [-0.15, -0.1) is 22.7 Å². The predicted molar refractivity (Wildman–Crippen MR) is 355 cm³/mol. The van der Waals surface area contributed by atoms with E-state index in [9.17, 15) is 28.8 Å². The quantitative estimate of drug-likeness (QED) is 0.0813. The number of amides is 4. The van der Waals surface area contributed by atoms with E-state index in [0.717, 1.165) is 95.7 Å². The third-order valence-corrected chi connectivity index (χ3v) is 20.1. The zero-order valence-corrected chi connectivity index (χ0v) is 53.0. The lowest BCUT2D eigenvalue weighted by Gasteiger charge is -2.53. The summed E-state index contributed by atoms with van der Waals surface area (Å²) >= 11 is 8.80. The van der Waals surface area contributed by atoms with Gasteiger partial charge in [-0.25, -0.2) is 19.6 Å². The molecule has 8 aromatic rings. The van der Waals surface area contributed by atoms with Gasteiger partial charge in [0.1, 0.15) is 20.7 Å². The lowest BCUT2D eigenvalue weighted by atomic mass is 9.73. The van der Waals surface area contributed by atoms with E-state index >= 15 is 0 Å². The first-order chi connectivity index (χ1) is 44.3. The number of ether oxygens (including phenoxy) is 4. The van der Waals surface area contributed by atoms with E-state index in [1.54, 1.807) is 103 Å². The zero-order valence-electron chi connectivity index (χ0n) is 50.6. The van der Waals surface area contributed by atoms with Crippen LogP contribution in [0.1, 0.15) is 111 Å². The average Bonchev–Trinajstić information content (AvgIpc) is 1.35. The topological polar surface area (TPSA) is 211 Å². The van der Waals surface area contributed by atoms with Crippen molar-refractivity contribution in [2.24, 2.45) is 10.8 Å². The van der Waals surface area contributed by atoms with Crippen LogP contribution in [-0.2, 0) is 31.8 Å². The van der Waals surface area contributed by atoms with Crippen molar-refractivity contribution in [2.45, 2.75) is 52.4 Å². The lowest BCUT2D eigenvalue weighted by Crippen LogP contribution is -2.59. The Morgan fingerprint density at radius 1 is 0.571 bits per heavy atom. The Balaban J connectivity index is 0.000000156. The molecule has 468 valence electrons. The summed E-state index contributed by atoms with van der Waals surface area (Å²) in [5.41, 5.74) is 9.31. The molecule has 0 aliphatic carbocycles. The summed E-state index contributed by atoms with van der Waals surface area (Å²) < 4.78 is 21.2. The molecule has 0 radical (unpaired) electrons. The molecule has 0 unspecified atom stereocenters. The molecule has 4 aromatic carbocycles. The van der Waals surface area contributed by atoms with Crippen LogP contribution in [0, 0.1) is 10.8 Å². The Bertz CT molecular complexity index is 4000. The molecule has 2 spiro atoms. The standard InChI is InChI=1S/C35H34N4O5S.C28H22ClN3O4S.C7H13NO/c1-2-44-34(42)29-20-24-13-17-39(28-8-4-3-6-26(28)30(24)45-29)33(41)23-9-11-25(12-10-23)37-32(40)27-7-5-16-36-31(27)38-21-35(22-38)14-18-43-19-15-35;1-2-36-28(35)23-16-18-13-15-32(22-8-4-3-6-20(22)24(18)37-23)27(34)17-9-11-19(12-10-17)31-26(33)21-7-5-14-30-25(21)29;1-3-9-4-2-7(1)5-8-6-7/h3-12,16,20H,2,13-15,17-19,21-22H2,1H3,(H,37,40);3-12,14,16H,2,13,15H2,1H3,(H,31,33);8H,1-6H2. The van der Waals surface area contributed by atoms with E-state index in [1.165, 1.54) is 54.8 Å². The number of thiophene rings is 2. The second kappa shape index (κ2) is 27.9. The summed E-state index contributed by atoms with van der Waals surface area (Å²) in [7, 11) is 0. The number of benzene rings is 4. The number of hydrogen-bond donors (Lipinski definition) is 3. The molecule has 6 aliphatic rings. The molecular weight excluding hydrogens is 1210 g/mol. The van der Waals surface area contributed by atoms with Gasteiger partial charge < -0.3 is 49.6 Å². The monoisotopic (exact) mass is 1280 g/mol. The molecular formula is C70H69ClN8O10S2. The fourth-order valence-electron chi connectivity index (χ4n) is 12.4. The number of carbonyl (C=O) groups is 6. The molecule has 10 heterocycles. The molecule has 0 bridgehead atoms. The Kier molecular flexibility index (Phi) is 19.1. The van der Waals surface area contributed by atoms with Crippen molar-refractivity contribution in [3.63, 3.8) is 0 Å². The van der Waals surface area contributed by atoms with Gasteiger partial charge in [0.15, 0.2) is 0 Å². The van der Waals surface area contributed by atoms with Gasteiger partial charge in [0.2, 0.25) is 0 Å². The molecule has 0 saturated carbocycles. The van der Waals surface area contributed by atoms with Crippen LogP contribution in [0.5, 0.6) is 0 Å². The maximum Gasteiger partial charge on any atom is 0.348 e. The van der Waals surface area contributed by atoms with E-state index in [0.29, 0.717) is 88.2 Å². The van der Waals surface area contributed by atoms with Crippen molar-refractivity contribution >= 4 is 98.4 Å². The minimum absolute atomic E-state index is 0.120. The number of halogens is 1. The number of carbonyl (C=O) groups excluding carboxylic acids is 6. The van der Waals surface area contributed by atoms with Gasteiger partial charge in [-0.05, 0) is 166 Å². The summed E-state index contributed by atoms with van der Waals surface area (Å²) in [5.74, 6) is -0.855. The van der Waals surface area contributed by atoms with Gasteiger partial charge in [0.25, 0.3) is 23.6 Å². The first kappa shape index (κ1) is 62.6. The number of esters is 2. The van der Waals surface area contributed by atoms with Crippen molar-refractivity contribution in [3.8, 4) is 20.9 Å². The van der Waals surface area contributed by atoms with Gasteiger partial charge in [-0.2, -0.15) is 0 Å². The molecule has 4 aromatic heterocycles. The van der Waals surface area contributed by atoms with Gasteiger partial charge >= 0.3 is 11.9 Å². The van der Waals surface area contributed by atoms with E-state index in [2.05, 4.69) is 30.8 Å². The molecule has 21 heteroatoms. The number of para-hydroxylation sites is 2. The maximum absolute atomic E-state index is 13.8. The molecule has 4 saturated heterocycles. The van der Waals surface area contributed by atoms with Crippen molar-refractivity contribution in [3.05, 3.63) is 194 Å². The average molecular weight is 1280 g/mol. The third kappa shape index (κ3) is 13.7. The number of nitrogens with one attached hydrogen (secondary N) is 3. The highest BCUT2D eigenvalue weighted by atomic mass is 35.5. The first-order valence-corrected chi connectivity index (χ1v) is 32.7. The van der Waals surface area contributed by atoms with E-state index < -0.39 is 0 Å². The third-order valence-electron chi connectivity index (χ3n) is 17.4. The molecule has 3 N–H and O–H groups in total. The van der Waals surface area contributed by atoms with Crippen LogP contribution in [0.3, 0.4) is 0 Å². The van der Waals surface area contributed by atoms with Gasteiger partial charge in [0.05, 0.1) is 35.7 Å². The Hall–Kier alpha value is -8.63. The van der Waals surface area contributed by atoms with E-state index in [4.69, 9.17) is 30.5 Å². The molecule has 6 aliphatic heterocycles. The Morgan fingerprint density at radius 3 is 1.47 bits per heavy atom. The highest BCUT2D eigenvalue weighted by Gasteiger charge is 2.45. The molecule has 4 amide bonds. The van der Waals surface area contributed by atoms with Crippen LogP contribution >= 0.6 is 34.3 Å². The molecule has 14 rings (SSSR count). The SMILES string of the molecule is C1CC2(CCO1)CNC2.CCOC(=O)c1cc2c(s1)-c1ccccc1N(C(=O)c1ccc(NC(=O)c3cccnc3Cl)cc1)CC2.CCOC(=O)c1cc2c(s1)-c1ccccc1N(C(=O)c1ccc(NC(=O)c3cccnc3N3CC4(CCOCC4)C3)cc1)CC2. The van der Waals surface area contributed by atoms with E-state index in [1.807, 2.05) is 60.7 Å². The molecule has 0 atom stereocenters. The number of anilines is 5. The highest BCUT2D eigenvalue weighted by Crippen LogP contribution is 2.45. The zero-order chi connectivity index (χ0) is 63.1. The molecule has 18 nitrogen and oxygen atoms in total. The number of rotatable bonds is 11. The smallest absolute Gasteiger partial charge is 0.348 e. The minimum atomic E-state index is -0.382. The van der Waals surface area contributed by atoms with Crippen LogP contribution in [-0.4, -0.2) is 124 Å². The molecule has 4 fully saturated rings. The summed E-state index contributed by atoms with van der Waals surface area (Å²) in [6.07, 6.45) is 9.08. The Morgan fingerprint density at radius 2 is 1.02 bits per heavy atom. The second-order valence-corrected chi connectivity index (χ2v) is 25.7.